The van der Waals surface area contributed by atoms with Crippen LogP contribution < -0.4 is 5.48 Å². The standard InChI is InChI=1S/C13H16N4O4/c18-5-9-8(19)3-10(21-9)17-4-7-1-2-20-16-12-11(7)13(17)15-6-14-12/h4,6,8-10,18-19H,1-3,5H2,(H,14,15,16). The number of nitrogens with zero attached hydrogens (tertiary/aromatic N) is 3. The largest absolute Gasteiger partial charge is 0.394 e. The Kier molecular flexibility index (Phi) is 3.03. The van der Waals surface area contributed by atoms with Crippen molar-refractivity contribution < 1.29 is 19.8 Å². The molecule has 2 aromatic heterocycles. The number of rotatable bonds is 2. The van der Waals surface area contributed by atoms with E-state index in [0.29, 0.717) is 18.8 Å². The Balaban J connectivity index is 1.80. The first-order chi connectivity index (χ1) is 10.3. The molecule has 0 bridgehead atoms. The van der Waals surface area contributed by atoms with E-state index in [4.69, 9.17) is 9.57 Å². The number of hydrogen-bond acceptors (Lipinski definition) is 7. The first-order valence-electron chi connectivity index (χ1n) is 6.94. The zero-order chi connectivity index (χ0) is 14.4. The fourth-order valence-electron chi connectivity index (χ4n) is 2.98. The maximum atomic E-state index is 9.91. The molecule has 4 heterocycles. The lowest BCUT2D eigenvalue weighted by Crippen LogP contribution is -2.24. The molecule has 21 heavy (non-hydrogen) atoms. The zero-order valence-electron chi connectivity index (χ0n) is 11.3. The number of ether oxygens (including phenoxy) is 1. The van der Waals surface area contributed by atoms with Crippen molar-refractivity contribution in [1.29, 1.82) is 0 Å². The van der Waals surface area contributed by atoms with Gasteiger partial charge >= 0.3 is 0 Å². The third-order valence-electron chi connectivity index (χ3n) is 4.02. The number of aliphatic hydroxyl groups excluding tert-OH is 2. The normalized spacial score (nSPS) is 28.6. The minimum absolute atomic E-state index is 0.195. The van der Waals surface area contributed by atoms with Crippen molar-refractivity contribution in [1.82, 2.24) is 14.5 Å². The summed E-state index contributed by atoms with van der Waals surface area (Å²) in [5.41, 5.74) is 4.65. The van der Waals surface area contributed by atoms with Gasteiger partial charge in [0.1, 0.15) is 24.3 Å². The van der Waals surface area contributed by atoms with E-state index in [-0.39, 0.29) is 12.8 Å². The van der Waals surface area contributed by atoms with E-state index in [1.807, 2.05) is 10.8 Å². The Morgan fingerprint density at radius 1 is 1.43 bits per heavy atom. The van der Waals surface area contributed by atoms with Gasteiger partial charge in [0.05, 0.1) is 24.7 Å². The van der Waals surface area contributed by atoms with Gasteiger partial charge in [-0.2, -0.15) is 0 Å². The van der Waals surface area contributed by atoms with Gasteiger partial charge in [-0.25, -0.2) is 15.4 Å². The predicted molar refractivity (Wildman–Crippen MR) is 72.4 cm³/mol. The van der Waals surface area contributed by atoms with Crippen LogP contribution in [0.3, 0.4) is 0 Å². The maximum Gasteiger partial charge on any atom is 0.162 e. The van der Waals surface area contributed by atoms with Crippen LogP contribution in [-0.2, 0) is 16.0 Å². The topological polar surface area (TPSA) is 102 Å². The molecule has 8 heteroatoms. The number of aliphatic hydroxyl groups is 2. The Morgan fingerprint density at radius 3 is 3.14 bits per heavy atom. The SMILES string of the molecule is OCC1OC(n2cc3c4c(ncnc42)NOCC3)CC1O. The lowest BCUT2D eigenvalue weighted by atomic mass is 10.2. The van der Waals surface area contributed by atoms with Crippen LogP contribution in [0.2, 0.25) is 0 Å². The summed E-state index contributed by atoms with van der Waals surface area (Å²) in [6.45, 7) is 0.349. The van der Waals surface area contributed by atoms with E-state index in [1.54, 1.807) is 0 Å². The molecule has 3 N–H and O–H groups in total. The fourth-order valence-corrected chi connectivity index (χ4v) is 2.98. The smallest absolute Gasteiger partial charge is 0.162 e. The first kappa shape index (κ1) is 13.0. The van der Waals surface area contributed by atoms with E-state index in [0.717, 1.165) is 23.0 Å². The second kappa shape index (κ2) is 4.92. The molecule has 1 saturated heterocycles. The van der Waals surface area contributed by atoms with E-state index in [1.165, 1.54) is 6.33 Å². The molecule has 3 unspecified atom stereocenters. The summed E-state index contributed by atoms with van der Waals surface area (Å²) < 4.78 is 7.62. The summed E-state index contributed by atoms with van der Waals surface area (Å²) in [6, 6.07) is 0. The van der Waals surface area contributed by atoms with Crippen LogP contribution in [-0.4, -0.2) is 50.2 Å². The molecule has 2 aliphatic heterocycles. The minimum Gasteiger partial charge on any atom is -0.394 e. The molecule has 0 spiro atoms. The van der Waals surface area contributed by atoms with Gasteiger partial charge in [-0.05, 0) is 5.56 Å². The van der Waals surface area contributed by atoms with Crippen molar-refractivity contribution >= 4 is 16.9 Å². The highest BCUT2D eigenvalue weighted by atomic mass is 16.6. The Morgan fingerprint density at radius 2 is 2.33 bits per heavy atom. The van der Waals surface area contributed by atoms with Crippen LogP contribution in [0.15, 0.2) is 12.5 Å². The van der Waals surface area contributed by atoms with E-state index in [2.05, 4.69) is 15.4 Å². The average molecular weight is 292 g/mol. The summed E-state index contributed by atoms with van der Waals surface area (Å²) in [5.74, 6) is 0.642. The third-order valence-corrected chi connectivity index (χ3v) is 4.02. The number of anilines is 1. The zero-order valence-corrected chi connectivity index (χ0v) is 11.3. The highest BCUT2D eigenvalue weighted by Crippen LogP contribution is 2.35. The molecular formula is C13H16N4O4. The second-order valence-electron chi connectivity index (χ2n) is 5.30. The maximum absolute atomic E-state index is 9.91. The van der Waals surface area contributed by atoms with Gasteiger partial charge in [0.15, 0.2) is 5.82 Å². The van der Waals surface area contributed by atoms with Crippen LogP contribution in [0, 0.1) is 0 Å². The van der Waals surface area contributed by atoms with Gasteiger partial charge < -0.3 is 19.5 Å². The molecule has 0 amide bonds. The van der Waals surface area contributed by atoms with Gasteiger partial charge in [0.2, 0.25) is 0 Å². The van der Waals surface area contributed by atoms with Gasteiger partial charge in [-0.3, -0.25) is 4.84 Å². The third kappa shape index (κ3) is 1.99. The molecule has 112 valence electrons. The molecule has 0 saturated carbocycles. The molecule has 0 radical (unpaired) electrons. The molecule has 2 aliphatic rings. The van der Waals surface area contributed by atoms with Crippen molar-refractivity contribution in [3.63, 3.8) is 0 Å². The lowest BCUT2D eigenvalue weighted by Gasteiger charge is -2.14. The van der Waals surface area contributed by atoms with Crippen molar-refractivity contribution in [2.75, 3.05) is 18.7 Å². The number of aromatic nitrogens is 3. The monoisotopic (exact) mass is 292 g/mol. The Bertz CT molecular complexity index is 673. The van der Waals surface area contributed by atoms with Crippen LogP contribution >= 0.6 is 0 Å². The summed E-state index contributed by atoms with van der Waals surface area (Å²) in [5, 5.41) is 20.0. The molecular weight excluding hydrogens is 276 g/mol. The first-order valence-corrected chi connectivity index (χ1v) is 6.94. The quantitative estimate of drug-likeness (QED) is 0.714. The Hall–Kier alpha value is -1.74. The summed E-state index contributed by atoms with van der Waals surface area (Å²) >= 11 is 0. The summed E-state index contributed by atoms with van der Waals surface area (Å²) in [6.07, 6.45) is 3.05. The molecule has 0 aromatic carbocycles. The van der Waals surface area contributed by atoms with Crippen LogP contribution in [0.4, 0.5) is 5.82 Å². The molecule has 0 aliphatic carbocycles. The second-order valence-corrected chi connectivity index (χ2v) is 5.30. The fraction of sp³-hybridized carbons (Fsp3) is 0.538. The average Bonchev–Trinajstić information content (AvgIpc) is 2.97. The van der Waals surface area contributed by atoms with Crippen LogP contribution in [0.25, 0.3) is 11.0 Å². The predicted octanol–water partition coefficient (Wildman–Crippen LogP) is -0.0284. The Labute approximate surface area is 120 Å². The molecule has 1 fully saturated rings. The van der Waals surface area contributed by atoms with Gasteiger partial charge in [0.25, 0.3) is 0 Å². The van der Waals surface area contributed by atoms with Crippen molar-refractivity contribution in [2.45, 2.75) is 31.3 Å². The highest BCUT2D eigenvalue weighted by Gasteiger charge is 2.35. The molecule has 8 nitrogen and oxygen atoms in total. The van der Waals surface area contributed by atoms with Gasteiger partial charge in [-0.1, -0.05) is 0 Å². The van der Waals surface area contributed by atoms with Crippen molar-refractivity contribution in [3.05, 3.63) is 18.1 Å². The van der Waals surface area contributed by atoms with E-state index in [9.17, 15) is 10.2 Å². The van der Waals surface area contributed by atoms with Crippen molar-refractivity contribution in [2.24, 2.45) is 0 Å². The van der Waals surface area contributed by atoms with Crippen LogP contribution in [0.1, 0.15) is 18.2 Å². The van der Waals surface area contributed by atoms with Gasteiger partial charge in [0, 0.05) is 19.0 Å². The highest BCUT2D eigenvalue weighted by molar-refractivity contribution is 5.90. The summed E-state index contributed by atoms with van der Waals surface area (Å²) in [4.78, 5) is 13.8. The van der Waals surface area contributed by atoms with Gasteiger partial charge in [-0.15, -0.1) is 0 Å². The molecule has 4 rings (SSSR count). The van der Waals surface area contributed by atoms with Crippen LogP contribution in [0.5, 0.6) is 0 Å². The van der Waals surface area contributed by atoms with Crippen molar-refractivity contribution in [3.8, 4) is 0 Å². The molecule has 3 atom stereocenters. The van der Waals surface area contributed by atoms with E-state index < -0.39 is 12.2 Å². The number of nitrogens with one attached hydrogen (secondary N) is 1. The minimum atomic E-state index is -0.670. The molecule has 2 aromatic rings. The lowest BCUT2D eigenvalue weighted by molar-refractivity contribution is -0.0431. The number of hydrogen-bond donors (Lipinski definition) is 3. The van der Waals surface area contributed by atoms with E-state index >= 15 is 0 Å². The summed E-state index contributed by atoms with van der Waals surface area (Å²) in [7, 11) is 0.